The summed E-state index contributed by atoms with van der Waals surface area (Å²) in [6.45, 7) is 0.690. The van der Waals surface area contributed by atoms with Crippen molar-refractivity contribution in [2.75, 3.05) is 26.3 Å². The molecule has 0 amide bonds. The summed E-state index contributed by atoms with van der Waals surface area (Å²) in [5, 5.41) is 2.97. The molecule has 0 aliphatic carbocycles. The van der Waals surface area contributed by atoms with Gasteiger partial charge in [0.05, 0.1) is 12.9 Å². The lowest BCUT2D eigenvalue weighted by Crippen LogP contribution is -2.26. The normalized spacial score (nSPS) is 11.9. The molecular formula is C9H14F3N3O. The number of rotatable bonds is 7. The average molecular weight is 237 g/mol. The first-order valence-electron chi connectivity index (χ1n) is 4.89. The van der Waals surface area contributed by atoms with E-state index >= 15 is 0 Å². The van der Waals surface area contributed by atoms with Gasteiger partial charge in [-0.05, 0) is 0 Å². The van der Waals surface area contributed by atoms with Gasteiger partial charge in [-0.25, -0.2) is 4.98 Å². The highest BCUT2D eigenvalue weighted by molar-refractivity contribution is 4.74. The van der Waals surface area contributed by atoms with Crippen molar-refractivity contribution in [3.05, 3.63) is 18.7 Å². The van der Waals surface area contributed by atoms with E-state index in [-0.39, 0.29) is 6.61 Å². The minimum atomic E-state index is -4.24. The predicted molar refractivity (Wildman–Crippen MR) is 52.0 cm³/mol. The Morgan fingerprint density at radius 3 is 2.75 bits per heavy atom. The molecule has 1 rings (SSSR count). The molecule has 92 valence electrons. The van der Waals surface area contributed by atoms with Crippen molar-refractivity contribution in [2.24, 2.45) is 0 Å². The number of nitrogens with zero attached hydrogens (tertiary/aromatic N) is 2. The lowest BCUT2D eigenvalue weighted by atomic mass is 10.5. The summed E-state index contributed by atoms with van der Waals surface area (Å²) in [4.78, 5) is 3.86. The zero-order chi connectivity index (χ0) is 11.9. The molecule has 4 nitrogen and oxygen atoms in total. The highest BCUT2D eigenvalue weighted by atomic mass is 19.4. The molecule has 1 heterocycles. The largest absolute Gasteiger partial charge is 0.411 e. The Labute approximate surface area is 91.4 Å². The number of hydrogen-bond donors (Lipinski definition) is 1. The van der Waals surface area contributed by atoms with Crippen LogP contribution in [-0.2, 0) is 11.3 Å². The first-order valence-corrected chi connectivity index (χ1v) is 4.89. The molecule has 0 spiro atoms. The molecule has 0 unspecified atom stereocenters. The van der Waals surface area contributed by atoms with Crippen LogP contribution in [0, 0.1) is 0 Å². The van der Waals surface area contributed by atoms with Crippen molar-refractivity contribution >= 4 is 0 Å². The number of imidazole rings is 1. The third kappa shape index (κ3) is 6.41. The van der Waals surface area contributed by atoms with E-state index in [2.05, 4.69) is 15.0 Å². The average Bonchev–Trinajstić information content (AvgIpc) is 2.67. The van der Waals surface area contributed by atoms with Crippen molar-refractivity contribution in [1.82, 2.24) is 14.9 Å². The van der Waals surface area contributed by atoms with Gasteiger partial charge < -0.3 is 14.6 Å². The fraction of sp³-hybridized carbons (Fsp3) is 0.667. The van der Waals surface area contributed by atoms with Gasteiger partial charge in [0.2, 0.25) is 0 Å². The summed E-state index contributed by atoms with van der Waals surface area (Å²) < 4.78 is 41.3. The molecule has 1 aromatic heterocycles. The SMILES string of the molecule is FC(F)(F)COCCNCCn1ccnc1. The van der Waals surface area contributed by atoms with E-state index in [0.717, 1.165) is 6.54 Å². The molecule has 0 saturated heterocycles. The van der Waals surface area contributed by atoms with E-state index in [1.54, 1.807) is 12.5 Å². The molecule has 0 radical (unpaired) electrons. The summed E-state index contributed by atoms with van der Waals surface area (Å²) in [6, 6.07) is 0. The zero-order valence-corrected chi connectivity index (χ0v) is 8.70. The highest BCUT2D eigenvalue weighted by Gasteiger charge is 2.27. The number of aromatic nitrogens is 2. The molecule has 0 bridgehead atoms. The number of hydrogen-bond acceptors (Lipinski definition) is 3. The number of nitrogens with one attached hydrogen (secondary N) is 1. The first-order chi connectivity index (χ1) is 7.58. The molecule has 16 heavy (non-hydrogen) atoms. The minimum Gasteiger partial charge on any atom is -0.371 e. The van der Waals surface area contributed by atoms with Crippen LogP contribution in [0.15, 0.2) is 18.7 Å². The zero-order valence-electron chi connectivity index (χ0n) is 8.70. The van der Waals surface area contributed by atoms with Gasteiger partial charge in [-0.2, -0.15) is 13.2 Å². The van der Waals surface area contributed by atoms with E-state index in [0.29, 0.717) is 13.1 Å². The van der Waals surface area contributed by atoms with Gasteiger partial charge in [0, 0.05) is 32.0 Å². The van der Waals surface area contributed by atoms with Gasteiger partial charge in [0.15, 0.2) is 0 Å². The van der Waals surface area contributed by atoms with Gasteiger partial charge in [-0.3, -0.25) is 0 Å². The van der Waals surface area contributed by atoms with Crippen LogP contribution < -0.4 is 5.32 Å². The van der Waals surface area contributed by atoms with E-state index in [9.17, 15) is 13.2 Å². The van der Waals surface area contributed by atoms with Crippen molar-refractivity contribution in [3.63, 3.8) is 0 Å². The Hall–Kier alpha value is -1.08. The summed E-state index contributed by atoms with van der Waals surface area (Å²) >= 11 is 0. The van der Waals surface area contributed by atoms with Crippen molar-refractivity contribution < 1.29 is 17.9 Å². The van der Waals surface area contributed by atoms with Gasteiger partial charge in [-0.15, -0.1) is 0 Å². The molecule has 0 atom stereocenters. The van der Waals surface area contributed by atoms with E-state index in [1.807, 2.05) is 10.8 Å². The van der Waals surface area contributed by atoms with Crippen LogP contribution in [0.3, 0.4) is 0 Å². The molecule has 0 aromatic carbocycles. The van der Waals surface area contributed by atoms with Crippen molar-refractivity contribution in [3.8, 4) is 0 Å². The standard InChI is InChI=1S/C9H14F3N3O/c10-9(11,12)7-16-6-3-13-1-4-15-5-2-14-8-15/h2,5,8,13H,1,3-4,6-7H2. The molecule has 0 aliphatic rings. The number of ether oxygens (including phenoxy) is 1. The van der Waals surface area contributed by atoms with Gasteiger partial charge in [-0.1, -0.05) is 0 Å². The van der Waals surface area contributed by atoms with Gasteiger partial charge in [0.1, 0.15) is 6.61 Å². The Kier molecular flexibility index (Phi) is 5.27. The molecule has 1 N–H and O–H groups in total. The van der Waals surface area contributed by atoms with Crippen molar-refractivity contribution in [2.45, 2.75) is 12.7 Å². The molecule has 1 aromatic rings. The molecule has 0 aliphatic heterocycles. The van der Waals surface area contributed by atoms with E-state index in [4.69, 9.17) is 0 Å². The van der Waals surface area contributed by atoms with Crippen LogP contribution in [0.5, 0.6) is 0 Å². The molecule has 0 saturated carbocycles. The third-order valence-electron chi connectivity index (χ3n) is 1.79. The molecular weight excluding hydrogens is 223 g/mol. The molecule has 0 fully saturated rings. The van der Waals surface area contributed by atoms with E-state index in [1.165, 1.54) is 0 Å². The van der Waals surface area contributed by atoms with Gasteiger partial charge in [0.25, 0.3) is 0 Å². The fourth-order valence-corrected chi connectivity index (χ4v) is 1.08. The number of alkyl halides is 3. The lowest BCUT2D eigenvalue weighted by Gasteiger charge is -2.08. The minimum absolute atomic E-state index is 0.0590. The van der Waals surface area contributed by atoms with Crippen LogP contribution in [-0.4, -0.2) is 42.0 Å². The monoisotopic (exact) mass is 237 g/mol. The maximum Gasteiger partial charge on any atom is 0.411 e. The van der Waals surface area contributed by atoms with Crippen LogP contribution >= 0.6 is 0 Å². The summed E-state index contributed by atoms with van der Waals surface area (Å²) in [6.07, 6.45) is 0.937. The Bertz CT molecular complexity index is 274. The maximum atomic E-state index is 11.7. The quantitative estimate of drug-likeness (QED) is 0.720. The third-order valence-corrected chi connectivity index (χ3v) is 1.79. The van der Waals surface area contributed by atoms with E-state index < -0.39 is 12.8 Å². The summed E-state index contributed by atoms with van der Waals surface area (Å²) in [5.74, 6) is 0. The molecule has 7 heteroatoms. The van der Waals surface area contributed by atoms with Crippen LogP contribution in [0.1, 0.15) is 0 Å². The Morgan fingerprint density at radius 2 is 2.12 bits per heavy atom. The predicted octanol–water partition coefficient (Wildman–Crippen LogP) is 1.05. The second kappa shape index (κ2) is 6.49. The van der Waals surface area contributed by atoms with Gasteiger partial charge >= 0.3 is 6.18 Å². The first kappa shape index (κ1) is 13.0. The highest BCUT2D eigenvalue weighted by Crippen LogP contribution is 2.13. The summed E-state index contributed by atoms with van der Waals surface area (Å²) in [7, 11) is 0. The summed E-state index contributed by atoms with van der Waals surface area (Å²) in [5.41, 5.74) is 0. The maximum absolute atomic E-state index is 11.7. The second-order valence-electron chi connectivity index (χ2n) is 3.22. The number of halogens is 3. The van der Waals surface area contributed by atoms with Crippen LogP contribution in [0.25, 0.3) is 0 Å². The van der Waals surface area contributed by atoms with Crippen molar-refractivity contribution in [1.29, 1.82) is 0 Å². The fourth-order valence-electron chi connectivity index (χ4n) is 1.08. The lowest BCUT2D eigenvalue weighted by molar-refractivity contribution is -0.173. The van der Waals surface area contributed by atoms with Crippen LogP contribution in [0.2, 0.25) is 0 Å². The van der Waals surface area contributed by atoms with Crippen LogP contribution in [0.4, 0.5) is 13.2 Å². The Morgan fingerprint density at radius 1 is 1.31 bits per heavy atom. The Balaban J connectivity index is 1.89. The topological polar surface area (TPSA) is 39.1 Å². The smallest absolute Gasteiger partial charge is 0.371 e. The second-order valence-corrected chi connectivity index (χ2v) is 3.22.